The van der Waals surface area contributed by atoms with Gasteiger partial charge in [0, 0.05) is 23.5 Å². The number of nitrogens with two attached hydrogens (primary N) is 1. The van der Waals surface area contributed by atoms with Crippen molar-refractivity contribution in [3.63, 3.8) is 0 Å². The van der Waals surface area contributed by atoms with E-state index in [1.165, 1.54) is 68.9 Å². The molecule has 0 spiro atoms. The molecule has 192 valence electrons. The number of benzene rings is 1. The fourth-order valence-corrected chi connectivity index (χ4v) is 4.38. The Morgan fingerprint density at radius 2 is 1.60 bits per heavy atom. The number of carbonyl (C=O) groups is 3. The third-order valence-corrected chi connectivity index (χ3v) is 6.32. The molecule has 0 radical (unpaired) electrons. The van der Waals surface area contributed by atoms with Crippen molar-refractivity contribution in [2.45, 2.75) is 84.5 Å². The lowest BCUT2D eigenvalue weighted by molar-refractivity contribution is -0.143. The predicted molar refractivity (Wildman–Crippen MR) is 140 cm³/mol. The zero-order chi connectivity index (χ0) is 25.5. The normalized spacial score (nSPS) is 15.1. The first kappa shape index (κ1) is 28.3. The quantitative estimate of drug-likeness (QED) is 0.174. The van der Waals surface area contributed by atoms with E-state index >= 15 is 0 Å². The zero-order valence-electron chi connectivity index (χ0n) is 21.5. The SMILES string of the molecule is CCCCCCCCCCCCc1cccc(C(=O)C2C=CN(CC(=O)OCC)C=C2C(N)=O)c1. The molecule has 1 aliphatic heterocycles. The summed E-state index contributed by atoms with van der Waals surface area (Å²) in [5.74, 6) is -2.03. The largest absolute Gasteiger partial charge is 0.465 e. The van der Waals surface area contributed by atoms with E-state index in [1.807, 2.05) is 18.2 Å². The molecule has 1 aliphatic rings. The van der Waals surface area contributed by atoms with Gasteiger partial charge in [0.15, 0.2) is 5.78 Å². The van der Waals surface area contributed by atoms with E-state index in [1.54, 1.807) is 25.3 Å². The lowest BCUT2D eigenvalue weighted by Crippen LogP contribution is -2.32. The molecular weight excluding hydrogens is 440 g/mol. The topological polar surface area (TPSA) is 89.7 Å². The smallest absolute Gasteiger partial charge is 0.325 e. The van der Waals surface area contributed by atoms with Gasteiger partial charge < -0.3 is 15.4 Å². The Balaban J connectivity index is 1.86. The zero-order valence-corrected chi connectivity index (χ0v) is 21.5. The van der Waals surface area contributed by atoms with E-state index in [0.29, 0.717) is 5.56 Å². The molecule has 0 fully saturated rings. The van der Waals surface area contributed by atoms with Crippen LogP contribution in [0.15, 0.2) is 48.3 Å². The number of unbranched alkanes of at least 4 members (excludes halogenated alkanes) is 9. The number of esters is 1. The molecule has 6 nitrogen and oxygen atoms in total. The number of Topliss-reactive ketones (excluding diaryl/α,β-unsaturated/α-hetero) is 1. The predicted octanol–water partition coefficient (Wildman–Crippen LogP) is 5.71. The molecule has 1 heterocycles. The van der Waals surface area contributed by atoms with Crippen LogP contribution in [0.4, 0.5) is 0 Å². The minimum absolute atomic E-state index is 0.0453. The summed E-state index contributed by atoms with van der Waals surface area (Å²) in [6.45, 7) is 4.21. The summed E-state index contributed by atoms with van der Waals surface area (Å²) in [5, 5.41) is 0. The van der Waals surface area contributed by atoms with E-state index in [2.05, 4.69) is 6.92 Å². The Morgan fingerprint density at radius 3 is 2.23 bits per heavy atom. The molecule has 1 atom stereocenters. The first-order valence-electron chi connectivity index (χ1n) is 13.2. The van der Waals surface area contributed by atoms with Crippen LogP contribution in [0.1, 0.15) is 94.0 Å². The van der Waals surface area contributed by atoms with Gasteiger partial charge in [0.05, 0.1) is 12.5 Å². The highest BCUT2D eigenvalue weighted by Gasteiger charge is 2.29. The highest BCUT2D eigenvalue weighted by molar-refractivity contribution is 6.07. The number of primary amides is 1. The van der Waals surface area contributed by atoms with Crippen LogP contribution in [0, 0.1) is 5.92 Å². The minimum Gasteiger partial charge on any atom is -0.465 e. The molecule has 1 aromatic carbocycles. The lowest BCUT2D eigenvalue weighted by atomic mass is 9.88. The second-order valence-corrected chi connectivity index (χ2v) is 9.24. The number of carbonyl (C=O) groups excluding carboxylic acids is 3. The highest BCUT2D eigenvalue weighted by atomic mass is 16.5. The average Bonchev–Trinajstić information content (AvgIpc) is 2.85. The summed E-state index contributed by atoms with van der Waals surface area (Å²) in [5.41, 5.74) is 7.43. The molecule has 1 aromatic rings. The Bertz CT molecular complexity index is 890. The summed E-state index contributed by atoms with van der Waals surface area (Å²) in [4.78, 5) is 38.6. The monoisotopic (exact) mass is 482 g/mol. The van der Waals surface area contributed by atoms with Crippen LogP contribution in [-0.2, 0) is 20.7 Å². The second kappa shape index (κ2) is 15.9. The Kier molecular flexibility index (Phi) is 12.9. The van der Waals surface area contributed by atoms with Gasteiger partial charge in [-0.1, -0.05) is 89.0 Å². The molecular formula is C29H42N2O4. The molecule has 35 heavy (non-hydrogen) atoms. The number of aryl methyl sites for hydroxylation is 1. The van der Waals surface area contributed by atoms with E-state index < -0.39 is 17.8 Å². The van der Waals surface area contributed by atoms with Gasteiger partial charge in [-0.15, -0.1) is 0 Å². The number of nitrogens with zero attached hydrogens (tertiary/aromatic N) is 1. The molecule has 6 heteroatoms. The molecule has 1 amide bonds. The maximum absolute atomic E-state index is 13.2. The number of ether oxygens (including phenoxy) is 1. The molecule has 0 aliphatic carbocycles. The van der Waals surface area contributed by atoms with Gasteiger partial charge >= 0.3 is 5.97 Å². The highest BCUT2D eigenvalue weighted by Crippen LogP contribution is 2.24. The number of rotatable bonds is 17. The van der Waals surface area contributed by atoms with E-state index in [9.17, 15) is 14.4 Å². The number of ketones is 1. The molecule has 0 saturated carbocycles. The van der Waals surface area contributed by atoms with Crippen molar-refractivity contribution in [3.8, 4) is 0 Å². The number of hydrogen-bond acceptors (Lipinski definition) is 5. The van der Waals surface area contributed by atoms with Crippen LogP contribution >= 0.6 is 0 Å². The number of hydrogen-bond donors (Lipinski definition) is 1. The van der Waals surface area contributed by atoms with Crippen molar-refractivity contribution in [3.05, 3.63) is 59.4 Å². The van der Waals surface area contributed by atoms with Crippen LogP contribution < -0.4 is 5.73 Å². The number of amides is 1. The Labute approximate surface area is 210 Å². The summed E-state index contributed by atoms with van der Waals surface area (Å²) < 4.78 is 4.95. The van der Waals surface area contributed by atoms with E-state index in [0.717, 1.165) is 18.4 Å². The summed E-state index contributed by atoms with van der Waals surface area (Å²) in [6, 6.07) is 7.65. The van der Waals surface area contributed by atoms with Gasteiger partial charge in [-0.2, -0.15) is 0 Å². The molecule has 0 aromatic heterocycles. The summed E-state index contributed by atoms with van der Waals surface area (Å²) in [6.07, 6.45) is 18.6. The minimum atomic E-state index is -0.765. The van der Waals surface area contributed by atoms with Crippen molar-refractivity contribution < 1.29 is 19.1 Å². The first-order valence-corrected chi connectivity index (χ1v) is 13.2. The lowest BCUT2D eigenvalue weighted by Gasteiger charge is -2.24. The van der Waals surface area contributed by atoms with Crippen LogP contribution in [0.3, 0.4) is 0 Å². The van der Waals surface area contributed by atoms with Crippen LogP contribution in [0.2, 0.25) is 0 Å². The average molecular weight is 483 g/mol. The third kappa shape index (κ3) is 10.1. The van der Waals surface area contributed by atoms with Crippen molar-refractivity contribution in [2.24, 2.45) is 11.7 Å². The van der Waals surface area contributed by atoms with Crippen molar-refractivity contribution in [1.29, 1.82) is 0 Å². The fraction of sp³-hybridized carbons (Fsp3) is 0.552. The van der Waals surface area contributed by atoms with Gasteiger partial charge in [0.1, 0.15) is 6.54 Å². The van der Waals surface area contributed by atoms with Gasteiger partial charge in [-0.25, -0.2) is 0 Å². The summed E-state index contributed by atoms with van der Waals surface area (Å²) in [7, 11) is 0. The maximum atomic E-state index is 13.2. The maximum Gasteiger partial charge on any atom is 0.325 e. The van der Waals surface area contributed by atoms with Crippen LogP contribution in [-0.4, -0.2) is 35.7 Å². The Hall–Kier alpha value is -2.89. The Morgan fingerprint density at radius 1 is 0.943 bits per heavy atom. The van der Waals surface area contributed by atoms with E-state index in [-0.39, 0.29) is 24.5 Å². The van der Waals surface area contributed by atoms with Crippen molar-refractivity contribution in [2.75, 3.05) is 13.2 Å². The molecule has 0 bridgehead atoms. The molecule has 1 unspecified atom stereocenters. The first-order chi connectivity index (χ1) is 17.0. The van der Waals surface area contributed by atoms with Crippen molar-refractivity contribution >= 4 is 17.7 Å². The van der Waals surface area contributed by atoms with Gasteiger partial charge in [0.25, 0.3) is 0 Å². The fourth-order valence-electron chi connectivity index (χ4n) is 4.38. The van der Waals surface area contributed by atoms with E-state index in [4.69, 9.17) is 10.5 Å². The molecule has 0 saturated heterocycles. The number of allylic oxidation sites excluding steroid dienone is 1. The van der Waals surface area contributed by atoms with Gasteiger partial charge in [-0.05, 0) is 31.4 Å². The van der Waals surface area contributed by atoms with Gasteiger partial charge in [0.2, 0.25) is 5.91 Å². The standard InChI is InChI=1S/C29H42N2O4/c1-3-5-6-7-8-9-10-11-12-13-15-23-16-14-17-24(20-23)28(33)25-18-19-31(21-26(25)29(30)34)22-27(32)35-4-2/h14,16-21,25H,3-13,15,22H2,1-2H3,(H2,30,34). The third-order valence-electron chi connectivity index (χ3n) is 6.32. The van der Waals surface area contributed by atoms with Gasteiger partial charge in [-0.3, -0.25) is 14.4 Å². The van der Waals surface area contributed by atoms with Crippen LogP contribution in [0.25, 0.3) is 0 Å². The molecule has 2 rings (SSSR count). The van der Waals surface area contributed by atoms with Crippen LogP contribution in [0.5, 0.6) is 0 Å². The molecule has 2 N–H and O–H groups in total. The summed E-state index contributed by atoms with van der Waals surface area (Å²) >= 11 is 0. The van der Waals surface area contributed by atoms with Crippen molar-refractivity contribution in [1.82, 2.24) is 4.90 Å². The second-order valence-electron chi connectivity index (χ2n) is 9.24.